The zero-order valence-electron chi connectivity index (χ0n) is 13.4. The Hall–Kier alpha value is -1.89. The lowest BCUT2D eigenvalue weighted by atomic mass is 9.97. The first-order valence-electron chi connectivity index (χ1n) is 7.34. The average Bonchev–Trinajstić information content (AvgIpc) is 2.54. The summed E-state index contributed by atoms with van der Waals surface area (Å²) in [7, 11) is -2.22. The summed E-state index contributed by atoms with van der Waals surface area (Å²) in [6.45, 7) is 1.98. The van der Waals surface area contributed by atoms with Gasteiger partial charge in [-0.05, 0) is 29.7 Å². The minimum Gasteiger partial charge on any atom is -0.314 e. The summed E-state index contributed by atoms with van der Waals surface area (Å²) in [5, 5.41) is 5.23. The van der Waals surface area contributed by atoms with E-state index in [1.807, 2.05) is 37.3 Å². The lowest BCUT2D eigenvalue weighted by Crippen LogP contribution is -2.27. The minimum atomic E-state index is -3.83. The second-order valence-corrected chi connectivity index (χ2v) is 7.60. The van der Waals surface area contributed by atoms with E-state index in [-0.39, 0.29) is 21.7 Å². The number of primary sulfonamides is 1. The number of rotatable bonds is 5. The highest BCUT2D eigenvalue weighted by Crippen LogP contribution is 2.29. The van der Waals surface area contributed by atoms with Gasteiger partial charge in [-0.3, -0.25) is 4.79 Å². The number of hydrogen-bond acceptors (Lipinski definition) is 3. The van der Waals surface area contributed by atoms with E-state index in [0.717, 1.165) is 5.56 Å². The molecule has 7 heteroatoms. The van der Waals surface area contributed by atoms with E-state index in [2.05, 4.69) is 0 Å². The van der Waals surface area contributed by atoms with Gasteiger partial charge in [-0.25, -0.2) is 13.6 Å². The molecular weight excluding hydrogens is 348 g/mol. The summed E-state index contributed by atoms with van der Waals surface area (Å²) >= 11 is 6.11. The molecule has 2 aromatic rings. The number of benzene rings is 2. The molecule has 0 saturated carbocycles. The SMILES string of the molecule is CC(CC(=O)N(C)c1ccc(S(N)(=O)=O)cc1Cl)c1ccccc1. The number of anilines is 1. The highest BCUT2D eigenvalue weighted by molar-refractivity contribution is 7.89. The van der Waals surface area contributed by atoms with Crippen LogP contribution in [0.4, 0.5) is 5.69 Å². The molecule has 0 saturated heterocycles. The van der Waals surface area contributed by atoms with Crippen molar-refractivity contribution >= 4 is 33.2 Å². The molecule has 1 amide bonds. The van der Waals surface area contributed by atoms with Crippen LogP contribution in [0.15, 0.2) is 53.4 Å². The van der Waals surface area contributed by atoms with Gasteiger partial charge in [0.25, 0.3) is 0 Å². The van der Waals surface area contributed by atoms with E-state index in [4.69, 9.17) is 16.7 Å². The van der Waals surface area contributed by atoms with Gasteiger partial charge in [-0.2, -0.15) is 0 Å². The Bertz CT molecular complexity index is 838. The summed E-state index contributed by atoms with van der Waals surface area (Å²) in [4.78, 5) is 13.8. The number of carbonyl (C=O) groups excluding carboxylic acids is 1. The summed E-state index contributed by atoms with van der Waals surface area (Å²) < 4.78 is 22.7. The molecule has 0 bridgehead atoms. The second-order valence-electron chi connectivity index (χ2n) is 5.63. The van der Waals surface area contributed by atoms with Crippen LogP contribution >= 0.6 is 11.6 Å². The molecule has 0 radical (unpaired) electrons. The zero-order chi connectivity index (χ0) is 17.9. The number of halogens is 1. The number of sulfonamides is 1. The number of nitrogens with two attached hydrogens (primary N) is 1. The van der Waals surface area contributed by atoms with E-state index < -0.39 is 10.0 Å². The van der Waals surface area contributed by atoms with Gasteiger partial charge >= 0.3 is 0 Å². The van der Waals surface area contributed by atoms with E-state index in [9.17, 15) is 13.2 Å². The molecular formula is C17H19ClN2O3S. The predicted octanol–water partition coefficient (Wildman–Crippen LogP) is 3.14. The molecule has 0 aliphatic carbocycles. The van der Waals surface area contributed by atoms with Crippen LogP contribution in [0, 0.1) is 0 Å². The maximum Gasteiger partial charge on any atom is 0.238 e. The first-order chi connectivity index (χ1) is 11.2. The van der Waals surface area contributed by atoms with Gasteiger partial charge < -0.3 is 4.90 Å². The zero-order valence-corrected chi connectivity index (χ0v) is 15.0. The molecule has 24 heavy (non-hydrogen) atoms. The van der Waals surface area contributed by atoms with Gasteiger partial charge in [0.2, 0.25) is 15.9 Å². The summed E-state index contributed by atoms with van der Waals surface area (Å²) in [5.74, 6) is -0.0553. The molecule has 0 fully saturated rings. The number of nitrogens with zero attached hydrogens (tertiary/aromatic N) is 1. The number of hydrogen-bond donors (Lipinski definition) is 1. The van der Waals surface area contributed by atoms with Gasteiger partial charge in [0.1, 0.15) is 0 Å². The fraction of sp³-hybridized carbons (Fsp3) is 0.235. The third-order valence-corrected chi connectivity index (χ3v) is 5.05. The summed E-state index contributed by atoms with van der Waals surface area (Å²) in [6, 6.07) is 13.8. The Morgan fingerprint density at radius 3 is 2.38 bits per heavy atom. The lowest BCUT2D eigenvalue weighted by molar-refractivity contribution is -0.118. The second kappa shape index (κ2) is 7.34. The molecule has 1 atom stereocenters. The van der Waals surface area contributed by atoms with E-state index in [1.165, 1.54) is 23.1 Å². The molecule has 2 aromatic carbocycles. The van der Waals surface area contributed by atoms with Crippen molar-refractivity contribution in [1.29, 1.82) is 0 Å². The van der Waals surface area contributed by atoms with Crippen LogP contribution in [0.2, 0.25) is 5.02 Å². The van der Waals surface area contributed by atoms with Crippen molar-refractivity contribution in [2.75, 3.05) is 11.9 Å². The maximum absolute atomic E-state index is 12.5. The van der Waals surface area contributed by atoms with Crippen LogP contribution in [0.3, 0.4) is 0 Å². The number of carbonyl (C=O) groups is 1. The van der Waals surface area contributed by atoms with E-state index in [0.29, 0.717) is 12.1 Å². The monoisotopic (exact) mass is 366 g/mol. The Morgan fingerprint density at radius 1 is 1.21 bits per heavy atom. The Morgan fingerprint density at radius 2 is 1.83 bits per heavy atom. The largest absolute Gasteiger partial charge is 0.314 e. The Labute approximate surface area is 147 Å². The van der Waals surface area contributed by atoms with Crippen LogP contribution in [0.1, 0.15) is 24.8 Å². The predicted molar refractivity (Wildman–Crippen MR) is 95.7 cm³/mol. The van der Waals surface area contributed by atoms with Crippen molar-refractivity contribution in [2.45, 2.75) is 24.2 Å². The van der Waals surface area contributed by atoms with E-state index >= 15 is 0 Å². The topological polar surface area (TPSA) is 80.5 Å². The Balaban J connectivity index is 2.16. The third-order valence-electron chi connectivity index (χ3n) is 3.83. The summed E-state index contributed by atoms with van der Waals surface area (Å²) in [5.41, 5.74) is 1.52. The highest BCUT2D eigenvalue weighted by atomic mass is 35.5. The van der Waals surface area contributed by atoms with Crippen LogP contribution < -0.4 is 10.0 Å². The van der Waals surface area contributed by atoms with Gasteiger partial charge in [0.15, 0.2) is 0 Å². The van der Waals surface area contributed by atoms with Gasteiger partial charge in [0.05, 0.1) is 15.6 Å². The van der Waals surface area contributed by atoms with Crippen LogP contribution in [0.25, 0.3) is 0 Å². The van der Waals surface area contributed by atoms with Crippen LogP contribution in [-0.4, -0.2) is 21.4 Å². The van der Waals surface area contributed by atoms with Crippen LogP contribution in [-0.2, 0) is 14.8 Å². The fourth-order valence-electron chi connectivity index (χ4n) is 2.37. The fourth-order valence-corrected chi connectivity index (χ4v) is 3.28. The van der Waals surface area contributed by atoms with Crippen molar-refractivity contribution in [1.82, 2.24) is 0 Å². The maximum atomic E-state index is 12.5. The molecule has 128 valence electrons. The molecule has 0 spiro atoms. The molecule has 2 N–H and O–H groups in total. The molecule has 0 aliphatic heterocycles. The molecule has 0 heterocycles. The van der Waals surface area contributed by atoms with Crippen LogP contribution in [0.5, 0.6) is 0 Å². The number of amides is 1. The standard InChI is InChI=1S/C17H19ClN2O3S/c1-12(13-6-4-3-5-7-13)10-17(21)20(2)16-9-8-14(11-15(16)18)24(19,22)23/h3-9,11-12H,10H2,1-2H3,(H2,19,22,23). The molecule has 1 unspecified atom stereocenters. The van der Waals surface area contributed by atoms with Crippen molar-refractivity contribution in [3.05, 3.63) is 59.1 Å². The molecule has 5 nitrogen and oxygen atoms in total. The van der Waals surface area contributed by atoms with E-state index in [1.54, 1.807) is 7.05 Å². The minimum absolute atomic E-state index is 0.0589. The first kappa shape index (κ1) is 18.4. The van der Waals surface area contributed by atoms with Crippen molar-refractivity contribution in [3.63, 3.8) is 0 Å². The average molecular weight is 367 g/mol. The van der Waals surface area contributed by atoms with Gasteiger partial charge in [-0.15, -0.1) is 0 Å². The summed E-state index contributed by atoms with van der Waals surface area (Å²) in [6.07, 6.45) is 0.313. The van der Waals surface area contributed by atoms with Crippen molar-refractivity contribution in [3.8, 4) is 0 Å². The van der Waals surface area contributed by atoms with Crippen molar-refractivity contribution in [2.24, 2.45) is 5.14 Å². The van der Waals surface area contributed by atoms with Gasteiger partial charge in [-0.1, -0.05) is 48.9 Å². The first-order valence-corrected chi connectivity index (χ1v) is 9.26. The third kappa shape index (κ3) is 4.35. The quantitative estimate of drug-likeness (QED) is 0.882. The highest BCUT2D eigenvalue weighted by Gasteiger charge is 2.19. The molecule has 0 aliphatic rings. The normalized spacial score (nSPS) is 12.7. The Kier molecular flexibility index (Phi) is 5.64. The molecule has 2 rings (SSSR count). The molecule has 0 aromatic heterocycles. The van der Waals surface area contributed by atoms with Crippen molar-refractivity contribution < 1.29 is 13.2 Å². The van der Waals surface area contributed by atoms with Gasteiger partial charge in [0, 0.05) is 13.5 Å². The smallest absolute Gasteiger partial charge is 0.238 e. The lowest BCUT2D eigenvalue weighted by Gasteiger charge is -2.21.